The number of nitrogens with zero attached hydrogens (tertiary/aromatic N) is 1. The minimum Gasteiger partial charge on any atom is -0.309 e. The fourth-order valence-electron chi connectivity index (χ4n) is 3.68. The van der Waals surface area contributed by atoms with Crippen LogP contribution in [0.5, 0.6) is 0 Å². The van der Waals surface area contributed by atoms with Gasteiger partial charge in [-0.15, -0.1) is 11.3 Å². The molecule has 1 saturated carbocycles. The van der Waals surface area contributed by atoms with Crippen LogP contribution in [0.1, 0.15) is 44.3 Å². The van der Waals surface area contributed by atoms with Crippen LogP contribution in [0.15, 0.2) is 34.4 Å². The van der Waals surface area contributed by atoms with E-state index in [1.54, 1.807) is 0 Å². The second kappa shape index (κ2) is 7.91. The molecule has 0 aliphatic heterocycles. The van der Waals surface area contributed by atoms with E-state index in [2.05, 4.69) is 15.3 Å². The molecule has 0 atom stereocenters. The number of hydrogen-bond acceptors (Lipinski definition) is 4. The van der Waals surface area contributed by atoms with Crippen LogP contribution in [0.4, 0.5) is 0 Å². The highest BCUT2D eigenvalue weighted by atomic mass is 35.5. The molecule has 0 bridgehead atoms. The van der Waals surface area contributed by atoms with Crippen molar-refractivity contribution in [2.24, 2.45) is 0 Å². The first kappa shape index (κ1) is 17.7. The van der Waals surface area contributed by atoms with Gasteiger partial charge in [0, 0.05) is 27.6 Å². The SMILES string of the molecule is O=c1[nH]c(CNC2CCCCCC2)nc2scc(-c3ccccc3Cl)c12. The molecule has 6 heteroatoms. The maximum absolute atomic E-state index is 12.7. The van der Waals surface area contributed by atoms with Gasteiger partial charge in [0.1, 0.15) is 10.7 Å². The molecule has 1 fully saturated rings. The predicted octanol–water partition coefficient (Wildman–Crippen LogP) is 5.12. The lowest BCUT2D eigenvalue weighted by Crippen LogP contribution is -2.29. The van der Waals surface area contributed by atoms with Gasteiger partial charge < -0.3 is 10.3 Å². The van der Waals surface area contributed by atoms with E-state index < -0.39 is 0 Å². The molecule has 3 aromatic rings. The predicted molar refractivity (Wildman–Crippen MR) is 109 cm³/mol. The number of nitrogens with one attached hydrogen (secondary N) is 2. The van der Waals surface area contributed by atoms with E-state index in [9.17, 15) is 4.79 Å². The Morgan fingerprint density at radius 3 is 2.69 bits per heavy atom. The summed E-state index contributed by atoms with van der Waals surface area (Å²) in [7, 11) is 0. The molecule has 0 unspecified atom stereocenters. The summed E-state index contributed by atoms with van der Waals surface area (Å²) in [6.07, 6.45) is 7.66. The Labute approximate surface area is 161 Å². The van der Waals surface area contributed by atoms with Crippen LogP contribution in [-0.4, -0.2) is 16.0 Å². The third-order valence-electron chi connectivity index (χ3n) is 5.07. The number of thiophene rings is 1. The van der Waals surface area contributed by atoms with Crippen LogP contribution in [0.2, 0.25) is 5.02 Å². The largest absolute Gasteiger partial charge is 0.309 e. The number of H-pyrrole nitrogens is 1. The molecule has 4 rings (SSSR count). The molecule has 1 aliphatic rings. The summed E-state index contributed by atoms with van der Waals surface area (Å²) in [5.41, 5.74) is 1.63. The third-order valence-corrected chi connectivity index (χ3v) is 6.27. The van der Waals surface area contributed by atoms with Gasteiger partial charge in [-0.3, -0.25) is 4.79 Å². The van der Waals surface area contributed by atoms with Crippen molar-refractivity contribution >= 4 is 33.2 Å². The van der Waals surface area contributed by atoms with Crippen LogP contribution in [0, 0.1) is 0 Å². The lowest BCUT2D eigenvalue weighted by atomic mass is 10.1. The van der Waals surface area contributed by atoms with E-state index >= 15 is 0 Å². The number of rotatable bonds is 4. The van der Waals surface area contributed by atoms with E-state index in [0.29, 0.717) is 28.8 Å². The molecule has 4 nitrogen and oxygen atoms in total. The number of benzene rings is 1. The van der Waals surface area contributed by atoms with Crippen LogP contribution in [0.25, 0.3) is 21.3 Å². The Morgan fingerprint density at radius 2 is 1.92 bits per heavy atom. The molecule has 0 radical (unpaired) electrons. The summed E-state index contributed by atoms with van der Waals surface area (Å²) in [5.74, 6) is 0.708. The standard InChI is InChI=1S/C20H22ClN3OS/c21-16-10-6-5-9-14(16)15-12-26-20-18(15)19(25)23-17(24-20)11-22-13-7-3-1-2-4-8-13/h5-6,9-10,12-13,22H,1-4,7-8,11H2,(H,23,24,25). The topological polar surface area (TPSA) is 57.8 Å². The van der Waals surface area contributed by atoms with Crippen molar-refractivity contribution < 1.29 is 0 Å². The van der Waals surface area contributed by atoms with Gasteiger partial charge >= 0.3 is 0 Å². The lowest BCUT2D eigenvalue weighted by Gasteiger charge is -2.15. The fourth-order valence-corrected chi connectivity index (χ4v) is 4.87. The molecule has 2 aromatic heterocycles. The van der Waals surface area contributed by atoms with E-state index in [0.717, 1.165) is 16.0 Å². The number of hydrogen-bond donors (Lipinski definition) is 2. The zero-order valence-electron chi connectivity index (χ0n) is 14.6. The minimum absolute atomic E-state index is 0.0937. The van der Waals surface area contributed by atoms with Crippen LogP contribution in [-0.2, 0) is 6.54 Å². The molecule has 0 amide bonds. The van der Waals surface area contributed by atoms with Crippen molar-refractivity contribution in [2.45, 2.75) is 51.1 Å². The monoisotopic (exact) mass is 387 g/mol. The molecular weight excluding hydrogens is 366 g/mol. The van der Waals surface area contributed by atoms with E-state index in [1.165, 1.54) is 49.9 Å². The molecule has 2 heterocycles. The molecule has 2 N–H and O–H groups in total. The highest BCUT2D eigenvalue weighted by Gasteiger charge is 2.16. The Kier molecular flexibility index (Phi) is 5.38. The zero-order valence-corrected chi connectivity index (χ0v) is 16.1. The summed E-state index contributed by atoms with van der Waals surface area (Å²) in [5, 5.41) is 6.81. The number of aromatic nitrogens is 2. The Balaban J connectivity index is 1.60. The van der Waals surface area contributed by atoms with Crippen molar-refractivity contribution in [3.63, 3.8) is 0 Å². The average molecular weight is 388 g/mol. The third kappa shape index (κ3) is 3.70. The van der Waals surface area contributed by atoms with Crippen LogP contribution in [0.3, 0.4) is 0 Å². The van der Waals surface area contributed by atoms with Gasteiger partial charge in [0.2, 0.25) is 0 Å². The zero-order chi connectivity index (χ0) is 17.9. The van der Waals surface area contributed by atoms with Gasteiger partial charge in [0.15, 0.2) is 0 Å². The molecule has 26 heavy (non-hydrogen) atoms. The van der Waals surface area contributed by atoms with E-state index in [4.69, 9.17) is 11.6 Å². The smallest absolute Gasteiger partial charge is 0.260 e. The number of halogens is 1. The minimum atomic E-state index is -0.0937. The maximum Gasteiger partial charge on any atom is 0.260 e. The van der Waals surface area contributed by atoms with Gasteiger partial charge in [0.25, 0.3) is 5.56 Å². The molecule has 1 aromatic carbocycles. The normalized spacial score (nSPS) is 16.0. The molecular formula is C20H22ClN3OS. The van der Waals surface area contributed by atoms with Gasteiger partial charge in [-0.1, -0.05) is 55.5 Å². The first-order valence-corrected chi connectivity index (χ1v) is 10.5. The Bertz CT molecular complexity index is 957. The van der Waals surface area contributed by atoms with Crippen molar-refractivity contribution in [3.05, 3.63) is 50.8 Å². The van der Waals surface area contributed by atoms with Gasteiger partial charge in [-0.25, -0.2) is 4.98 Å². The summed E-state index contributed by atoms with van der Waals surface area (Å²) < 4.78 is 0. The van der Waals surface area contributed by atoms with Gasteiger partial charge in [-0.2, -0.15) is 0 Å². The van der Waals surface area contributed by atoms with E-state index in [1.807, 2.05) is 29.6 Å². The van der Waals surface area contributed by atoms with Crippen LogP contribution >= 0.6 is 22.9 Å². The van der Waals surface area contributed by atoms with Crippen molar-refractivity contribution in [1.29, 1.82) is 0 Å². The van der Waals surface area contributed by atoms with Gasteiger partial charge in [0.05, 0.1) is 11.9 Å². The summed E-state index contributed by atoms with van der Waals surface area (Å²) in [6.45, 7) is 0.606. The molecule has 1 aliphatic carbocycles. The quantitative estimate of drug-likeness (QED) is 0.611. The first-order valence-electron chi connectivity index (χ1n) is 9.21. The summed E-state index contributed by atoms with van der Waals surface area (Å²) in [6, 6.07) is 8.12. The Hall–Kier alpha value is -1.69. The highest BCUT2D eigenvalue weighted by molar-refractivity contribution is 7.17. The van der Waals surface area contributed by atoms with Crippen molar-refractivity contribution in [3.8, 4) is 11.1 Å². The second-order valence-corrected chi connectivity index (χ2v) is 8.16. The summed E-state index contributed by atoms with van der Waals surface area (Å²) in [4.78, 5) is 21.1. The highest BCUT2D eigenvalue weighted by Crippen LogP contribution is 2.34. The Morgan fingerprint density at radius 1 is 1.15 bits per heavy atom. The fraction of sp³-hybridized carbons (Fsp3) is 0.400. The van der Waals surface area contributed by atoms with Crippen molar-refractivity contribution in [1.82, 2.24) is 15.3 Å². The maximum atomic E-state index is 12.7. The number of fused-ring (bicyclic) bond motifs is 1. The summed E-state index contributed by atoms with van der Waals surface area (Å²) >= 11 is 7.80. The lowest BCUT2D eigenvalue weighted by molar-refractivity contribution is 0.453. The first-order chi connectivity index (χ1) is 12.7. The average Bonchev–Trinajstić information content (AvgIpc) is 2.89. The van der Waals surface area contributed by atoms with Crippen LogP contribution < -0.4 is 10.9 Å². The number of aromatic amines is 1. The van der Waals surface area contributed by atoms with Gasteiger partial charge in [-0.05, 0) is 18.9 Å². The second-order valence-electron chi connectivity index (χ2n) is 6.89. The molecule has 0 saturated heterocycles. The van der Waals surface area contributed by atoms with Crippen molar-refractivity contribution in [2.75, 3.05) is 0 Å². The molecule has 0 spiro atoms. The molecule has 136 valence electrons. The van der Waals surface area contributed by atoms with E-state index in [-0.39, 0.29) is 5.56 Å².